The zero-order valence-electron chi connectivity index (χ0n) is 5.27. The van der Waals surface area contributed by atoms with Gasteiger partial charge >= 0.3 is 0 Å². The summed E-state index contributed by atoms with van der Waals surface area (Å²) >= 11 is 11.0. The Kier molecular flexibility index (Phi) is 2.98. The average Bonchev–Trinajstić information content (AvgIpc) is 1.99. The Morgan fingerprint density at radius 2 is 1.82 bits per heavy atom. The highest BCUT2D eigenvalue weighted by Gasteiger charge is 2.14. The average molecular weight is 295 g/mol. The molecular weight excluding hydrogens is 292 g/mol. The van der Waals surface area contributed by atoms with E-state index >= 15 is 0 Å². The van der Waals surface area contributed by atoms with Gasteiger partial charge in [0.15, 0.2) is 0 Å². The van der Waals surface area contributed by atoms with Crippen molar-refractivity contribution in [3.05, 3.63) is 21.1 Å². The van der Waals surface area contributed by atoms with Crippen molar-refractivity contribution in [2.45, 2.75) is 0 Å². The quantitative estimate of drug-likeness (QED) is 0.541. The van der Waals surface area contributed by atoms with Crippen molar-refractivity contribution >= 4 is 56.1 Å². The lowest BCUT2D eigenvalue weighted by Crippen LogP contribution is -2.15. The molecule has 0 aromatic carbocycles. The standard InChI is InChI=1S/C6H4Br2N2S/c7-3-1-2-4(8)6(10-11)5(3)9/h1-2,9,11H/p-1/b9-5?,10-6-. The molecule has 0 spiro atoms. The van der Waals surface area contributed by atoms with Gasteiger partial charge < -0.3 is 17.2 Å². The number of rotatable bonds is 0. The first-order valence-electron chi connectivity index (χ1n) is 2.69. The molecule has 0 amide bonds. The van der Waals surface area contributed by atoms with Crippen LogP contribution in [0.4, 0.5) is 0 Å². The first-order chi connectivity index (χ1) is 5.16. The summed E-state index contributed by atoms with van der Waals surface area (Å²) in [6.45, 7) is 0. The predicted octanol–water partition coefficient (Wildman–Crippen LogP) is 2.48. The fourth-order valence-corrected chi connectivity index (χ4v) is 1.68. The van der Waals surface area contributed by atoms with Gasteiger partial charge in [0.2, 0.25) is 0 Å². The first-order valence-corrected chi connectivity index (χ1v) is 4.65. The molecule has 0 saturated heterocycles. The number of hydrogen-bond donors (Lipinski definition) is 1. The van der Waals surface area contributed by atoms with Crippen LogP contribution in [0.2, 0.25) is 0 Å². The highest BCUT2D eigenvalue weighted by atomic mass is 79.9. The Bertz CT molecular complexity index is 287. The van der Waals surface area contributed by atoms with Gasteiger partial charge in [-0.05, 0) is 44.0 Å². The summed E-state index contributed by atoms with van der Waals surface area (Å²) in [7, 11) is 0. The maximum atomic E-state index is 7.50. The molecule has 0 aliphatic heterocycles. The van der Waals surface area contributed by atoms with E-state index in [4.69, 9.17) is 5.41 Å². The topological polar surface area (TPSA) is 36.2 Å². The van der Waals surface area contributed by atoms with Gasteiger partial charge in [-0.3, -0.25) is 5.41 Å². The summed E-state index contributed by atoms with van der Waals surface area (Å²) < 4.78 is 5.00. The zero-order chi connectivity index (χ0) is 8.43. The van der Waals surface area contributed by atoms with Crippen LogP contribution in [0, 0.1) is 5.41 Å². The van der Waals surface area contributed by atoms with E-state index < -0.39 is 0 Å². The van der Waals surface area contributed by atoms with E-state index in [9.17, 15) is 0 Å². The minimum atomic E-state index is 0.314. The number of allylic oxidation sites excluding steroid dienone is 4. The van der Waals surface area contributed by atoms with Crippen LogP contribution in [-0.4, -0.2) is 11.4 Å². The highest BCUT2D eigenvalue weighted by Crippen LogP contribution is 2.21. The van der Waals surface area contributed by atoms with Gasteiger partial charge in [-0.15, -0.1) is 0 Å². The molecule has 0 saturated carbocycles. The number of halogens is 2. The van der Waals surface area contributed by atoms with Crippen molar-refractivity contribution in [1.29, 1.82) is 5.41 Å². The van der Waals surface area contributed by atoms with Gasteiger partial charge in [-0.1, -0.05) is 0 Å². The lowest BCUT2D eigenvalue weighted by Gasteiger charge is -2.12. The van der Waals surface area contributed by atoms with E-state index in [1.54, 1.807) is 12.2 Å². The summed E-state index contributed by atoms with van der Waals surface area (Å²) in [4.78, 5) is 0. The predicted molar refractivity (Wildman–Crippen MR) is 56.5 cm³/mol. The second-order valence-corrected chi connectivity index (χ2v) is 3.74. The molecule has 0 aromatic heterocycles. The fourth-order valence-electron chi connectivity index (χ4n) is 0.630. The number of nitrogens with zero attached hydrogens (tertiary/aromatic N) is 1. The molecule has 0 bridgehead atoms. The van der Waals surface area contributed by atoms with E-state index in [1.807, 2.05) is 0 Å². The Morgan fingerprint density at radius 3 is 2.27 bits per heavy atom. The fraction of sp³-hybridized carbons (Fsp3) is 0. The van der Waals surface area contributed by atoms with Crippen molar-refractivity contribution in [3.63, 3.8) is 0 Å². The Morgan fingerprint density at radius 1 is 1.27 bits per heavy atom. The minimum absolute atomic E-state index is 0.314. The summed E-state index contributed by atoms with van der Waals surface area (Å²) in [5, 5.41) is 7.50. The molecule has 2 nitrogen and oxygen atoms in total. The molecule has 11 heavy (non-hydrogen) atoms. The van der Waals surface area contributed by atoms with Crippen molar-refractivity contribution in [2.75, 3.05) is 0 Å². The van der Waals surface area contributed by atoms with Gasteiger partial charge in [-0.2, -0.15) is 0 Å². The third kappa shape index (κ3) is 1.77. The molecule has 0 fully saturated rings. The van der Waals surface area contributed by atoms with Gasteiger partial charge in [0.1, 0.15) is 0 Å². The second-order valence-electron chi connectivity index (χ2n) is 1.84. The Hall–Kier alpha value is -0.0000000000000000833. The molecule has 5 heteroatoms. The van der Waals surface area contributed by atoms with E-state index in [2.05, 4.69) is 49.1 Å². The molecule has 0 unspecified atom stereocenters. The molecule has 1 aliphatic carbocycles. The molecule has 0 aromatic rings. The number of nitrogens with one attached hydrogen (secondary N) is 1. The lowest BCUT2D eigenvalue weighted by atomic mass is 10.1. The second kappa shape index (κ2) is 3.60. The van der Waals surface area contributed by atoms with Crippen LogP contribution in [0.3, 0.4) is 0 Å². The van der Waals surface area contributed by atoms with E-state index in [1.165, 1.54) is 0 Å². The molecule has 1 aliphatic rings. The maximum absolute atomic E-state index is 7.50. The van der Waals surface area contributed by atoms with Gasteiger partial charge in [0.05, 0.1) is 11.4 Å². The van der Waals surface area contributed by atoms with Crippen LogP contribution in [0.5, 0.6) is 0 Å². The number of hydrogen-bond acceptors (Lipinski definition) is 3. The van der Waals surface area contributed by atoms with Crippen LogP contribution >= 0.6 is 31.9 Å². The summed E-state index contributed by atoms with van der Waals surface area (Å²) in [6, 6.07) is 0. The Balaban J connectivity index is 3.13. The molecule has 0 atom stereocenters. The largest absolute Gasteiger partial charge is 0.669 e. The van der Waals surface area contributed by atoms with Gasteiger partial charge in [0, 0.05) is 8.96 Å². The van der Waals surface area contributed by atoms with Crippen LogP contribution in [0.15, 0.2) is 25.5 Å². The van der Waals surface area contributed by atoms with Crippen LogP contribution in [0.25, 0.3) is 0 Å². The van der Waals surface area contributed by atoms with Gasteiger partial charge in [-0.25, -0.2) is 0 Å². The maximum Gasteiger partial charge on any atom is 0.0928 e. The van der Waals surface area contributed by atoms with Crippen LogP contribution in [0.1, 0.15) is 0 Å². The first kappa shape index (κ1) is 9.09. The third-order valence-corrected chi connectivity index (χ3v) is 2.65. The smallest absolute Gasteiger partial charge is 0.0928 e. The van der Waals surface area contributed by atoms with E-state index in [0.29, 0.717) is 15.9 Å². The minimum Gasteiger partial charge on any atom is -0.669 e. The van der Waals surface area contributed by atoms with Crippen molar-refractivity contribution in [3.8, 4) is 0 Å². The van der Waals surface area contributed by atoms with Crippen molar-refractivity contribution in [2.24, 2.45) is 4.40 Å². The highest BCUT2D eigenvalue weighted by molar-refractivity contribution is 9.12. The monoisotopic (exact) mass is 293 g/mol. The van der Waals surface area contributed by atoms with Gasteiger partial charge in [0.25, 0.3) is 0 Å². The Labute approximate surface area is 86.8 Å². The van der Waals surface area contributed by atoms with Crippen LogP contribution < -0.4 is 0 Å². The molecule has 1 rings (SSSR count). The normalized spacial score (nSPS) is 21.6. The molecule has 58 valence electrons. The molecule has 1 N–H and O–H groups in total. The van der Waals surface area contributed by atoms with Crippen molar-refractivity contribution < 1.29 is 0 Å². The molecule has 0 heterocycles. The summed E-state index contributed by atoms with van der Waals surface area (Å²) in [5.41, 5.74) is 0.809. The SMILES string of the molecule is N=C1C(Br)=CC=C(Br)/C1=N/[S-]. The van der Waals surface area contributed by atoms with E-state index in [0.717, 1.165) is 4.48 Å². The molecule has 0 radical (unpaired) electrons. The third-order valence-electron chi connectivity index (χ3n) is 1.17. The van der Waals surface area contributed by atoms with Crippen molar-refractivity contribution in [1.82, 2.24) is 0 Å². The summed E-state index contributed by atoms with van der Waals surface area (Å²) in [5.74, 6) is 0. The van der Waals surface area contributed by atoms with Crippen LogP contribution in [-0.2, 0) is 12.8 Å². The van der Waals surface area contributed by atoms with E-state index in [-0.39, 0.29) is 0 Å². The lowest BCUT2D eigenvalue weighted by molar-refractivity contribution is 1.53. The summed E-state index contributed by atoms with van der Waals surface area (Å²) in [6.07, 6.45) is 3.57. The zero-order valence-corrected chi connectivity index (χ0v) is 9.25. The molecular formula is C6H3Br2N2S-.